The third-order valence-corrected chi connectivity index (χ3v) is 4.48. The number of thiophene rings is 1. The van der Waals surface area contributed by atoms with Crippen molar-refractivity contribution in [3.8, 4) is 0 Å². The molecule has 0 amide bonds. The second-order valence-corrected chi connectivity index (χ2v) is 5.54. The van der Waals surface area contributed by atoms with Crippen LogP contribution in [0, 0.1) is 5.92 Å². The van der Waals surface area contributed by atoms with Crippen LogP contribution in [0.15, 0.2) is 16.8 Å². The summed E-state index contributed by atoms with van der Waals surface area (Å²) in [6.45, 7) is 0. The Kier molecular flexibility index (Phi) is 4.92. The Balaban J connectivity index is 2.13. The molecule has 1 heterocycles. The van der Waals surface area contributed by atoms with Crippen molar-refractivity contribution >= 4 is 17.1 Å². The zero-order valence-electron chi connectivity index (χ0n) is 10.9. The maximum atomic E-state index is 12.2. The number of Topliss-reactive ketones (excluding diaryl/α,β-unsaturated/α-hetero) is 1. The lowest BCUT2D eigenvalue weighted by Crippen LogP contribution is -2.31. The highest BCUT2D eigenvalue weighted by atomic mass is 32.1. The second kappa shape index (κ2) is 6.45. The Morgan fingerprint density at radius 1 is 1.44 bits per heavy atom. The van der Waals surface area contributed by atoms with Crippen LogP contribution < -0.4 is 0 Å². The van der Waals surface area contributed by atoms with Crippen LogP contribution in [0.1, 0.15) is 37.2 Å². The number of methoxy groups -OCH3 is 2. The molecule has 2 rings (SSSR count). The van der Waals surface area contributed by atoms with Gasteiger partial charge in [0.2, 0.25) is 0 Å². The van der Waals surface area contributed by atoms with Crippen molar-refractivity contribution in [1.29, 1.82) is 0 Å². The van der Waals surface area contributed by atoms with E-state index in [1.807, 2.05) is 0 Å². The molecule has 1 aliphatic carbocycles. The molecule has 1 aromatic heterocycles. The molecule has 3 nitrogen and oxygen atoms in total. The van der Waals surface area contributed by atoms with E-state index in [9.17, 15) is 4.79 Å². The summed E-state index contributed by atoms with van der Waals surface area (Å²) in [5.41, 5.74) is 1.30. The number of carbonyl (C=O) groups is 1. The maximum absolute atomic E-state index is 12.2. The van der Waals surface area contributed by atoms with Crippen LogP contribution in [0.5, 0.6) is 0 Å². The van der Waals surface area contributed by atoms with Crippen LogP contribution in [-0.2, 0) is 14.3 Å². The summed E-state index contributed by atoms with van der Waals surface area (Å²) in [7, 11) is 3.25. The lowest BCUT2D eigenvalue weighted by atomic mass is 9.74. The van der Waals surface area contributed by atoms with E-state index in [1.54, 1.807) is 25.6 Å². The van der Waals surface area contributed by atoms with Crippen molar-refractivity contribution in [2.45, 2.75) is 37.9 Å². The van der Waals surface area contributed by atoms with E-state index < -0.39 is 0 Å². The normalized spacial score (nSPS) is 24.7. The average Bonchev–Trinajstić information content (AvgIpc) is 2.91. The smallest absolute Gasteiger partial charge is 0.157 e. The van der Waals surface area contributed by atoms with E-state index in [2.05, 4.69) is 16.8 Å². The van der Waals surface area contributed by atoms with Crippen LogP contribution >= 0.6 is 11.3 Å². The Labute approximate surface area is 112 Å². The zero-order chi connectivity index (χ0) is 13.0. The molecule has 0 N–H and O–H groups in total. The Hall–Kier alpha value is -0.710. The predicted octanol–water partition coefficient (Wildman–Crippen LogP) is 3.21. The van der Waals surface area contributed by atoms with Gasteiger partial charge in [-0.2, -0.15) is 11.3 Å². The molecule has 0 radical (unpaired) electrons. The summed E-state index contributed by atoms with van der Waals surface area (Å²) < 4.78 is 10.5. The van der Waals surface area contributed by atoms with Gasteiger partial charge in [0.1, 0.15) is 5.78 Å². The van der Waals surface area contributed by atoms with Gasteiger partial charge in [-0.1, -0.05) is 0 Å². The van der Waals surface area contributed by atoms with Gasteiger partial charge in [-0.3, -0.25) is 4.79 Å². The van der Waals surface area contributed by atoms with Gasteiger partial charge >= 0.3 is 0 Å². The molecule has 100 valence electrons. The fraction of sp³-hybridized carbons (Fsp3) is 0.643. The highest BCUT2D eigenvalue weighted by Crippen LogP contribution is 2.39. The van der Waals surface area contributed by atoms with Crippen LogP contribution in [0.2, 0.25) is 0 Å². The first kappa shape index (κ1) is 13.7. The van der Waals surface area contributed by atoms with Gasteiger partial charge < -0.3 is 9.47 Å². The van der Waals surface area contributed by atoms with Crippen molar-refractivity contribution in [3.05, 3.63) is 22.4 Å². The molecule has 0 aliphatic heterocycles. The zero-order valence-corrected chi connectivity index (χ0v) is 11.7. The van der Waals surface area contributed by atoms with E-state index in [1.165, 1.54) is 5.56 Å². The van der Waals surface area contributed by atoms with Gasteiger partial charge in [0.25, 0.3) is 0 Å². The van der Waals surface area contributed by atoms with Gasteiger partial charge in [-0.15, -0.1) is 0 Å². The third-order valence-electron chi connectivity index (χ3n) is 3.78. The molecule has 18 heavy (non-hydrogen) atoms. The van der Waals surface area contributed by atoms with Crippen molar-refractivity contribution in [1.82, 2.24) is 0 Å². The fourth-order valence-corrected chi connectivity index (χ4v) is 3.51. The highest BCUT2D eigenvalue weighted by molar-refractivity contribution is 7.08. The standard InChI is InChI=1S/C14H20O3S/c1-16-14(17-2)8-12-11(4-3-5-13(12)15)10-6-7-18-9-10/h6-7,9,11-12,14H,3-5,8H2,1-2H3. The van der Waals surface area contributed by atoms with E-state index >= 15 is 0 Å². The number of rotatable bonds is 5. The minimum absolute atomic E-state index is 0.0400. The Morgan fingerprint density at radius 2 is 2.22 bits per heavy atom. The summed E-state index contributed by atoms with van der Waals surface area (Å²) in [6, 6.07) is 2.13. The molecule has 1 saturated carbocycles. The maximum Gasteiger partial charge on any atom is 0.157 e. The van der Waals surface area contributed by atoms with Gasteiger partial charge in [0.15, 0.2) is 6.29 Å². The minimum Gasteiger partial charge on any atom is -0.356 e. The number of ether oxygens (including phenoxy) is 2. The second-order valence-electron chi connectivity index (χ2n) is 4.76. The SMILES string of the molecule is COC(CC1C(=O)CCCC1c1ccsc1)OC. The molecular weight excluding hydrogens is 248 g/mol. The monoisotopic (exact) mass is 268 g/mol. The summed E-state index contributed by atoms with van der Waals surface area (Å²) >= 11 is 1.69. The Morgan fingerprint density at radius 3 is 2.83 bits per heavy atom. The first-order valence-electron chi connectivity index (χ1n) is 6.36. The van der Waals surface area contributed by atoms with Crippen molar-refractivity contribution < 1.29 is 14.3 Å². The van der Waals surface area contributed by atoms with Gasteiger partial charge in [0.05, 0.1) is 0 Å². The molecule has 0 spiro atoms. The highest BCUT2D eigenvalue weighted by Gasteiger charge is 2.34. The molecule has 2 atom stereocenters. The third kappa shape index (κ3) is 2.99. The largest absolute Gasteiger partial charge is 0.356 e. The van der Waals surface area contributed by atoms with E-state index in [0.29, 0.717) is 24.5 Å². The number of hydrogen-bond acceptors (Lipinski definition) is 4. The molecule has 0 aromatic carbocycles. The quantitative estimate of drug-likeness (QED) is 0.769. The molecule has 2 unspecified atom stereocenters. The number of carbonyl (C=O) groups excluding carboxylic acids is 1. The molecule has 1 aromatic rings. The molecule has 1 fully saturated rings. The first-order chi connectivity index (χ1) is 8.76. The lowest BCUT2D eigenvalue weighted by Gasteiger charge is -2.31. The lowest BCUT2D eigenvalue weighted by molar-refractivity contribution is -0.138. The number of hydrogen-bond donors (Lipinski definition) is 0. The van der Waals surface area contributed by atoms with Crippen molar-refractivity contribution in [2.24, 2.45) is 5.92 Å². The molecule has 1 aliphatic rings. The van der Waals surface area contributed by atoms with E-state index in [-0.39, 0.29) is 12.2 Å². The van der Waals surface area contributed by atoms with Gasteiger partial charge in [-0.25, -0.2) is 0 Å². The summed E-state index contributed by atoms with van der Waals surface area (Å²) in [5, 5.41) is 4.24. The average molecular weight is 268 g/mol. The fourth-order valence-electron chi connectivity index (χ4n) is 2.78. The van der Waals surface area contributed by atoms with Crippen molar-refractivity contribution in [3.63, 3.8) is 0 Å². The topological polar surface area (TPSA) is 35.5 Å². The minimum atomic E-state index is -0.279. The molecule has 4 heteroatoms. The van der Waals surface area contributed by atoms with E-state index in [4.69, 9.17) is 9.47 Å². The van der Waals surface area contributed by atoms with Crippen LogP contribution in [0.25, 0.3) is 0 Å². The van der Waals surface area contributed by atoms with Crippen LogP contribution in [0.4, 0.5) is 0 Å². The first-order valence-corrected chi connectivity index (χ1v) is 7.31. The number of ketones is 1. The van der Waals surface area contributed by atoms with Gasteiger partial charge in [-0.05, 0) is 41.1 Å². The summed E-state index contributed by atoms with van der Waals surface area (Å²) in [6.07, 6.45) is 3.17. The van der Waals surface area contributed by atoms with E-state index in [0.717, 1.165) is 12.8 Å². The predicted molar refractivity (Wildman–Crippen MR) is 71.8 cm³/mol. The van der Waals surface area contributed by atoms with Crippen LogP contribution in [0.3, 0.4) is 0 Å². The van der Waals surface area contributed by atoms with Crippen LogP contribution in [-0.4, -0.2) is 26.3 Å². The van der Waals surface area contributed by atoms with Crippen molar-refractivity contribution in [2.75, 3.05) is 14.2 Å². The Bertz CT molecular complexity index is 370. The summed E-state index contributed by atoms with van der Waals surface area (Å²) in [4.78, 5) is 12.2. The molecule has 0 saturated heterocycles. The molecule has 0 bridgehead atoms. The summed E-state index contributed by atoms with van der Waals surface area (Å²) in [5.74, 6) is 0.736. The molecular formula is C14H20O3S. The van der Waals surface area contributed by atoms with Gasteiger partial charge in [0, 0.05) is 33.0 Å².